The van der Waals surface area contributed by atoms with Gasteiger partial charge in [0.15, 0.2) is 0 Å². The fraction of sp³-hybridized carbons (Fsp3) is 0.250. The Morgan fingerprint density at radius 1 is 1.00 bits per heavy atom. The topological polar surface area (TPSA) is 46.8 Å². The first kappa shape index (κ1) is 14.8. The average molecular weight is 320 g/mol. The van der Waals surface area contributed by atoms with Gasteiger partial charge in [0.2, 0.25) is 5.55 Å². The van der Waals surface area contributed by atoms with Crippen molar-refractivity contribution < 1.29 is 9.15 Å². The first-order valence-electron chi connectivity index (χ1n) is 8.32. The fourth-order valence-corrected chi connectivity index (χ4v) is 3.29. The lowest BCUT2D eigenvalue weighted by Crippen LogP contribution is -2.18. The molecule has 4 nitrogen and oxygen atoms in total. The molecule has 0 fully saturated rings. The molecular formula is C20H20N2O2. The summed E-state index contributed by atoms with van der Waals surface area (Å²) < 4.78 is 11.4. The number of nitrogens with zero attached hydrogens (tertiary/aromatic N) is 1. The summed E-state index contributed by atoms with van der Waals surface area (Å²) in [5.74, 6) is 0.795. The van der Waals surface area contributed by atoms with Crippen molar-refractivity contribution in [1.29, 1.82) is 0 Å². The molecule has 2 aromatic carbocycles. The SMILES string of the molecule is COc1ccc2c3c(/c(=N\Nc4ccccc4)oc2c1)CCCC3. The molecule has 1 aromatic heterocycles. The van der Waals surface area contributed by atoms with Crippen LogP contribution in [0.25, 0.3) is 11.0 Å². The third kappa shape index (κ3) is 2.75. The average Bonchev–Trinajstić information content (AvgIpc) is 2.66. The van der Waals surface area contributed by atoms with Gasteiger partial charge in [0.05, 0.1) is 12.8 Å². The maximum Gasteiger partial charge on any atom is 0.239 e. The molecule has 0 amide bonds. The number of rotatable bonds is 3. The standard InChI is InChI=1S/C20H20N2O2/c1-23-15-11-12-17-16-9-5-6-10-18(16)20(24-19(17)13-15)22-21-14-7-3-2-4-8-14/h2-4,7-8,11-13,21H,5-6,9-10H2,1H3/b22-20+. The van der Waals surface area contributed by atoms with Crippen LogP contribution >= 0.6 is 0 Å². The number of methoxy groups -OCH3 is 1. The van der Waals surface area contributed by atoms with Crippen molar-refractivity contribution in [3.63, 3.8) is 0 Å². The Labute approximate surface area is 140 Å². The highest BCUT2D eigenvalue weighted by Gasteiger charge is 2.17. The van der Waals surface area contributed by atoms with E-state index in [0.29, 0.717) is 5.55 Å². The molecule has 0 spiro atoms. The molecule has 24 heavy (non-hydrogen) atoms. The van der Waals surface area contributed by atoms with E-state index in [2.05, 4.69) is 16.6 Å². The summed E-state index contributed by atoms with van der Waals surface area (Å²) >= 11 is 0. The Morgan fingerprint density at radius 3 is 2.58 bits per heavy atom. The lowest BCUT2D eigenvalue weighted by Gasteiger charge is -2.17. The van der Waals surface area contributed by atoms with Crippen molar-refractivity contribution in [2.45, 2.75) is 25.7 Å². The third-order valence-corrected chi connectivity index (χ3v) is 4.51. The van der Waals surface area contributed by atoms with Crippen LogP contribution in [-0.4, -0.2) is 7.11 Å². The van der Waals surface area contributed by atoms with E-state index in [-0.39, 0.29) is 0 Å². The minimum Gasteiger partial charge on any atom is -0.497 e. The predicted octanol–water partition coefficient (Wildman–Crippen LogP) is 4.25. The zero-order valence-corrected chi connectivity index (χ0v) is 13.7. The molecule has 1 aliphatic rings. The molecule has 0 atom stereocenters. The third-order valence-electron chi connectivity index (χ3n) is 4.51. The van der Waals surface area contributed by atoms with Gasteiger partial charge in [-0.25, -0.2) is 0 Å². The highest BCUT2D eigenvalue weighted by molar-refractivity contribution is 5.82. The number of hydrogen-bond acceptors (Lipinski definition) is 4. The number of anilines is 1. The van der Waals surface area contributed by atoms with Crippen LogP contribution in [0.3, 0.4) is 0 Å². The van der Waals surface area contributed by atoms with Gasteiger partial charge < -0.3 is 9.15 Å². The normalized spacial score (nSPS) is 14.5. The highest BCUT2D eigenvalue weighted by Crippen LogP contribution is 2.29. The fourth-order valence-electron chi connectivity index (χ4n) is 3.29. The van der Waals surface area contributed by atoms with Gasteiger partial charge in [-0.3, -0.25) is 5.43 Å². The van der Waals surface area contributed by atoms with Crippen LogP contribution < -0.4 is 15.7 Å². The second-order valence-corrected chi connectivity index (χ2v) is 6.02. The minimum absolute atomic E-state index is 0.675. The second kappa shape index (κ2) is 6.40. The molecule has 1 N–H and O–H groups in total. The van der Waals surface area contributed by atoms with Crippen LogP contribution in [0, 0.1) is 0 Å². The number of para-hydroxylation sites is 1. The molecule has 0 radical (unpaired) electrons. The molecule has 4 heteroatoms. The Hall–Kier alpha value is -2.75. The highest BCUT2D eigenvalue weighted by atomic mass is 16.5. The van der Waals surface area contributed by atoms with Crippen molar-refractivity contribution >= 4 is 16.7 Å². The lowest BCUT2D eigenvalue weighted by atomic mass is 9.90. The van der Waals surface area contributed by atoms with E-state index in [1.165, 1.54) is 29.4 Å². The first-order chi connectivity index (χ1) is 11.8. The zero-order chi connectivity index (χ0) is 16.4. The minimum atomic E-state index is 0.675. The van der Waals surface area contributed by atoms with Crippen LogP contribution in [0.1, 0.15) is 24.0 Å². The molecular weight excluding hydrogens is 300 g/mol. The Kier molecular flexibility index (Phi) is 3.95. The second-order valence-electron chi connectivity index (χ2n) is 6.02. The van der Waals surface area contributed by atoms with Gasteiger partial charge in [0.25, 0.3) is 0 Å². The molecule has 4 rings (SSSR count). The molecule has 0 aliphatic heterocycles. The van der Waals surface area contributed by atoms with Gasteiger partial charge in [0.1, 0.15) is 11.3 Å². The predicted molar refractivity (Wildman–Crippen MR) is 95.0 cm³/mol. The van der Waals surface area contributed by atoms with Crippen LogP contribution in [0.2, 0.25) is 0 Å². The Morgan fingerprint density at radius 2 is 1.79 bits per heavy atom. The quantitative estimate of drug-likeness (QED) is 0.734. The van der Waals surface area contributed by atoms with Crippen LogP contribution in [0.4, 0.5) is 5.69 Å². The monoisotopic (exact) mass is 320 g/mol. The van der Waals surface area contributed by atoms with Crippen LogP contribution in [-0.2, 0) is 12.8 Å². The van der Waals surface area contributed by atoms with Crippen molar-refractivity contribution in [2.75, 3.05) is 12.5 Å². The summed E-state index contributed by atoms with van der Waals surface area (Å²) in [6, 6.07) is 15.9. The van der Waals surface area contributed by atoms with E-state index in [0.717, 1.165) is 29.9 Å². The molecule has 3 aromatic rings. The van der Waals surface area contributed by atoms with Gasteiger partial charge in [-0.1, -0.05) is 18.2 Å². The summed E-state index contributed by atoms with van der Waals surface area (Å²) in [7, 11) is 1.67. The number of nitrogens with one attached hydrogen (secondary N) is 1. The largest absolute Gasteiger partial charge is 0.497 e. The Bertz CT molecular complexity index is 930. The summed E-state index contributed by atoms with van der Waals surface area (Å²) in [6.45, 7) is 0. The zero-order valence-electron chi connectivity index (χ0n) is 13.7. The number of hydrogen-bond donors (Lipinski definition) is 1. The molecule has 0 saturated carbocycles. The number of benzene rings is 2. The van der Waals surface area contributed by atoms with Crippen molar-refractivity contribution in [2.24, 2.45) is 5.10 Å². The molecule has 1 heterocycles. The van der Waals surface area contributed by atoms with E-state index in [4.69, 9.17) is 9.15 Å². The maximum absolute atomic E-state index is 6.12. The molecule has 0 unspecified atom stereocenters. The van der Waals surface area contributed by atoms with Crippen molar-refractivity contribution in [1.82, 2.24) is 0 Å². The molecule has 0 saturated heterocycles. The van der Waals surface area contributed by atoms with E-state index >= 15 is 0 Å². The molecule has 122 valence electrons. The smallest absolute Gasteiger partial charge is 0.239 e. The van der Waals surface area contributed by atoms with Crippen molar-refractivity contribution in [3.8, 4) is 5.75 Å². The van der Waals surface area contributed by atoms with Crippen LogP contribution in [0.15, 0.2) is 58.0 Å². The molecule has 0 bridgehead atoms. The van der Waals surface area contributed by atoms with Gasteiger partial charge in [-0.05, 0) is 55.5 Å². The van der Waals surface area contributed by atoms with Gasteiger partial charge >= 0.3 is 0 Å². The molecule has 1 aliphatic carbocycles. The van der Waals surface area contributed by atoms with Gasteiger partial charge in [-0.2, -0.15) is 0 Å². The van der Waals surface area contributed by atoms with E-state index in [9.17, 15) is 0 Å². The number of fused-ring (bicyclic) bond motifs is 3. The van der Waals surface area contributed by atoms with E-state index < -0.39 is 0 Å². The summed E-state index contributed by atoms with van der Waals surface area (Å²) in [6.07, 6.45) is 4.47. The van der Waals surface area contributed by atoms with E-state index in [1.807, 2.05) is 42.5 Å². The summed E-state index contributed by atoms with van der Waals surface area (Å²) in [4.78, 5) is 0. The lowest BCUT2D eigenvalue weighted by molar-refractivity contribution is 0.413. The van der Waals surface area contributed by atoms with Gasteiger partial charge in [0, 0.05) is 17.0 Å². The summed E-state index contributed by atoms with van der Waals surface area (Å²) in [5.41, 5.74) is 8.13. The Balaban J connectivity index is 1.87. The van der Waals surface area contributed by atoms with E-state index in [1.54, 1.807) is 7.11 Å². The van der Waals surface area contributed by atoms with Crippen LogP contribution in [0.5, 0.6) is 5.75 Å². The number of ether oxygens (including phenoxy) is 1. The van der Waals surface area contributed by atoms with Crippen molar-refractivity contribution in [3.05, 3.63) is 65.2 Å². The maximum atomic E-state index is 6.12. The summed E-state index contributed by atoms with van der Waals surface area (Å²) in [5, 5.41) is 5.71. The first-order valence-corrected chi connectivity index (χ1v) is 8.32. The number of aryl methyl sites for hydroxylation is 1. The van der Waals surface area contributed by atoms with Gasteiger partial charge in [-0.15, -0.1) is 5.10 Å².